The van der Waals surface area contributed by atoms with E-state index in [0.717, 1.165) is 0 Å². The smallest absolute Gasteiger partial charge is 0.179 e. The number of rotatable bonds is 0. The summed E-state index contributed by atoms with van der Waals surface area (Å²) in [6.07, 6.45) is 3.13. The van der Waals surface area contributed by atoms with Crippen LogP contribution in [0.25, 0.3) is 11.2 Å². The standard InChI is InChI=1S/C7H3Cl2N3/c8-4-3-5-7(12-6(4)9)11-2-1-10-5/h1-3H. The van der Waals surface area contributed by atoms with Crippen LogP contribution in [0, 0.1) is 0 Å². The first-order valence-electron chi connectivity index (χ1n) is 3.20. The molecule has 0 amide bonds. The molecule has 5 heteroatoms. The van der Waals surface area contributed by atoms with Crippen LogP contribution in [0.2, 0.25) is 10.2 Å². The Balaban J connectivity index is 2.84. The van der Waals surface area contributed by atoms with Crippen LogP contribution in [-0.4, -0.2) is 15.0 Å². The summed E-state index contributed by atoms with van der Waals surface area (Å²) in [5.74, 6) is 0. The molecular formula is C7H3Cl2N3. The number of fused-ring (bicyclic) bond motifs is 1. The summed E-state index contributed by atoms with van der Waals surface area (Å²) >= 11 is 11.4. The summed E-state index contributed by atoms with van der Waals surface area (Å²) in [6.45, 7) is 0. The summed E-state index contributed by atoms with van der Waals surface area (Å²) in [7, 11) is 0. The third kappa shape index (κ3) is 1.21. The van der Waals surface area contributed by atoms with Crippen LogP contribution in [0.15, 0.2) is 18.5 Å². The normalized spacial score (nSPS) is 10.5. The van der Waals surface area contributed by atoms with E-state index in [1.54, 1.807) is 18.5 Å². The number of nitrogens with zero attached hydrogens (tertiary/aromatic N) is 3. The van der Waals surface area contributed by atoms with Crippen molar-refractivity contribution in [1.29, 1.82) is 0 Å². The summed E-state index contributed by atoms with van der Waals surface area (Å²) in [5.41, 5.74) is 1.15. The van der Waals surface area contributed by atoms with Gasteiger partial charge in [0.25, 0.3) is 0 Å². The molecule has 2 aromatic rings. The van der Waals surface area contributed by atoms with Crippen molar-refractivity contribution in [2.75, 3.05) is 0 Å². The third-order valence-corrected chi connectivity index (χ3v) is 2.04. The molecule has 0 bridgehead atoms. The fourth-order valence-electron chi connectivity index (χ4n) is 0.855. The molecule has 0 aliphatic rings. The van der Waals surface area contributed by atoms with Crippen molar-refractivity contribution in [1.82, 2.24) is 15.0 Å². The summed E-state index contributed by atoms with van der Waals surface area (Å²) < 4.78 is 0. The zero-order chi connectivity index (χ0) is 8.55. The molecule has 0 saturated carbocycles. The lowest BCUT2D eigenvalue weighted by atomic mass is 10.4. The van der Waals surface area contributed by atoms with Crippen LogP contribution in [0.3, 0.4) is 0 Å². The molecule has 2 heterocycles. The SMILES string of the molecule is Clc1cc2nccnc2nc1Cl. The van der Waals surface area contributed by atoms with E-state index in [4.69, 9.17) is 23.2 Å². The predicted molar refractivity (Wildman–Crippen MR) is 47.4 cm³/mol. The molecule has 0 spiro atoms. The summed E-state index contributed by atoms with van der Waals surface area (Å²) in [6, 6.07) is 1.64. The van der Waals surface area contributed by atoms with Gasteiger partial charge < -0.3 is 0 Å². The molecule has 12 heavy (non-hydrogen) atoms. The number of hydrogen-bond donors (Lipinski definition) is 0. The lowest BCUT2D eigenvalue weighted by Gasteiger charge is -1.96. The van der Waals surface area contributed by atoms with Crippen LogP contribution in [-0.2, 0) is 0 Å². The van der Waals surface area contributed by atoms with E-state index < -0.39 is 0 Å². The topological polar surface area (TPSA) is 38.7 Å². The van der Waals surface area contributed by atoms with Crippen molar-refractivity contribution >= 4 is 34.4 Å². The van der Waals surface area contributed by atoms with Gasteiger partial charge in [0.2, 0.25) is 0 Å². The van der Waals surface area contributed by atoms with Gasteiger partial charge in [-0.05, 0) is 6.07 Å². The molecule has 0 aromatic carbocycles. The molecule has 0 saturated heterocycles. The van der Waals surface area contributed by atoms with Gasteiger partial charge in [-0.25, -0.2) is 9.97 Å². The highest BCUT2D eigenvalue weighted by atomic mass is 35.5. The highest BCUT2D eigenvalue weighted by Crippen LogP contribution is 2.21. The summed E-state index contributed by atoms with van der Waals surface area (Å²) in [4.78, 5) is 11.9. The van der Waals surface area contributed by atoms with Crippen LogP contribution in [0.1, 0.15) is 0 Å². The highest BCUT2D eigenvalue weighted by molar-refractivity contribution is 6.41. The van der Waals surface area contributed by atoms with Gasteiger partial charge in [-0.1, -0.05) is 23.2 Å². The molecule has 0 N–H and O–H groups in total. The zero-order valence-electron chi connectivity index (χ0n) is 5.83. The maximum absolute atomic E-state index is 5.73. The average molecular weight is 200 g/mol. The molecule has 3 nitrogen and oxygen atoms in total. The van der Waals surface area contributed by atoms with Crippen molar-refractivity contribution in [2.24, 2.45) is 0 Å². The van der Waals surface area contributed by atoms with Crippen LogP contribution >= 0.6 is 23.2 Å². The van der Waals surface area contributed by atoms with E-state index in [2.05, 4.69) is 15.0 Å². The van der Waals surface area contributed by atoms with Gasteiger partial charge in [-0.15, -0.1) is 0 Å². The molecule has 0 fully saturated rings. The Hall–Kier alpha value is -0.930. The molecule has 2 rings (SSSR count). The quantitative estimate of drug-likeness (QED) is 0.612. The van der Waals surface area contributed by atoms with Crippen molar-refractivity contribution in [2.45, 2.75) is 0 Å². The van der Waals surface area contributed by atoms with Crippen molar-refractivity contribution in [3.8, 4) is 0 Å². The average Bonchev–Trinajstić information content (AvgIpc) is 2.07. The molecule has 0 aliphatic heterocycles. The second-order valence-electron chi connectivity index (χ2n) is 2.16. The minimum atomic E-state index is 0.254. The Bertz CT molecular complexity index is 389. The predicted octanol–water partition coefficient (Wildman–Crippen LogP) is 2.33. The fraction of sp³-hybridized carbons (Fsp3) is 0. The van der Waals surface area contributed by atoms with Gasteiger partial charge in [0.05, 0.1) is 5.02 Å². The van der Waals surface area contributed by atoms with Gasteiger partial charge >= 0.3 is 0 Å². The maximum atomic E-state index is 5.73. The van der Waals surface area contributed by atoms with Gasteiger partial charge in [0.1, 0.15) is 10.7 Å². The van der Waals surface area contributed by atoms with Gasteiger partial charge in [0.15, 0.2) is 5.65 Å². The maximum Gasteiger partial charge on any atom is 0.179 e. The molecular weight excluding hydrogens is 197 g/mol. The molecule has 0 unspecified atom stereocenters. The molecule has 0 radical (unpaired) electrons. The Morgan fingerprint density at radius 1 is 1.08 bits per heavy atom. The Morgan fingerprint density at radius 2 is 1.83 bits per heavy atom. The second kappa shape index (κ2) is 2.84. The molecule has 0 aliphatic carbocycles. The zero-order valence-corrected chi connectivity index (χ0v) is 7.34. The summed E-state index contributed by atoms with van der Waals surface area (Å²) in [5, 5.41) is 0.648. The minimum absolute atomic E-state index is 0.254. The molecule has 60 valence electrons. The number of pyridine rings is 1. The number of aromatic nitrogens is 3. The van der Waals surface area contributed by atoms with Crippen molar-refractivity contribution < 1.29 is 0 Å². The first kappa shape index (κ1) is 7.71. The second-order valence-corrected chi connectivity index (χ2v) is 2.93. The first-order valence-corrected chi connectivity index (χ1v) is 3.96. The minimum Gasteiger partial charge on any atom is -0.251 e. The fourth-order valence-corrected chi connectivity index (χ4v) is 1.14. The van der Waals surface area contributed by atoms with E-state index in [0.29, 0.717) is 16.2 Å². The number of hydrogen-bond acceptors (Lipinski definition) is 3. The Morgan fingerprint density at radius 3 is 2.67 bits per heavy atom. The van der Waals surface area contributed by atoms with Gasteiger partial charge in [-0.3, -0.25) is 4.98 Å². The van der Waals surface area contributed by atoms with Crippen molar-refractivity contribution in [3.05, 3.63) is 28.6 Å². The van der Waals surface area contributed by atoms with Crippen LogP contribution in [0.5, 0.6) is 0 Å². The monoisotopic (exact) mass is 199 g/mol. The van der Waals surface area contributed by atoms with E-state index >= 15 is 0 Å². The van der Waals surface area contributed by atoms with E-state index in [-0.39, 0.29) is 5.15 Å². The lowest BCUT2D eigenvalue weighted by molar-refractivity contribution is 1.22. The van der Waals surface area contributed by atoms with Crippen LogP contribution < -0.4 is 0 Å². The molecule has 2 aromatic heterocycles. The number of halogens is 2. The largest absolute Gasteiger partial charge is 0.251 e. The highest BCUT2D eigenvalue weighted by Gasteiger charge is 2.02. The third-order valence-electron chi connectivity index (χ3n) is 1.37. The van der Waals surface area contributed by atoms with E-state index in [1.165, 1.54) is 0 Å². The Kier molecular flexibility index (Phi) is 1.83. The Labute approximate surface area is 78.4 Å². The van der Waals surface area contributed by atoms with Gasteiger partial charge in [-0.2, -0.15) is 0 Å². The van der Waals surface area contributed by atoms with E-state index in [1.807, 2.05) is 0 Å². The van der Waals surface area contributed by atoms with Crippen molar-refractivity contribution in [3.63, 3.8) is 0 Å². The van der Waals surface area contributed by atoms with Gasteiger partial charge in [0, 0.05) is 12.4 Å². The van der Waals surface area contributed by atoms with E-state index in [9.17, 15) is 0 Å². The lowest BCUT2D eigenvalue weighted by Crippen LogP contribution is -1.86. The van der Waals surface area contributed by atoms with Crippen LogP contribution in [0.4, 0.5) is 0 Å². The first-order chi connectivity index (χ1) is 5.77. The molecule has 0 atom stereocenters.